The molecule has 0 bridgehead atoms. The number of nitrogens with one attached hydrogen (secondary N) is 1. The number of benzene rings is 1. The quantitative estimate of drug-likeness (QED) is 0.516. The van der Waals surface area contributed by atoms with Crippen LogP contribution in [0.2, 0.25) is 0 Å². The van der Waals surface area contributed by atoms with Gasteiger partial charge in [-0.25, -0.2) is 0 Å². The molecule has 0 aliphatic carbocycles. The van der Waals surface area contributed by atoms with Crippen LogP contribution in [0.25, 0.3) is 0 Å². The molecule has 18 heavy (non-hydrogen) atoms. The number of halogens is 1. The molecule has 0 heterocycles. The van der Waals surface area contributed by atoms with Crippen molar-refractivity contribution >= 4 is 5.69 Å². The fraction of sp³-hybridized carbons (Fsp3) is 0.455. The standard InChI is InChI=1S/C11H15FN2O4/c1-13-6-5-9(15)11(16)7-3-2-4-8(12)10(7)14(17)18/h2-4,9,11,13,15-16H,5-6H2,1H3. The second-order valence-electron chi connectivity index (χ2n) is 3.84. The van der Waals surface area contributed by atoms with Gasteiger partial charge in [-0.15, -0.1) is 0 Å². The molecule has 7 heteroatoms. The fourth-order valence-corrected chi connectivity index (χ4v) is 1.62. The van der Waals surface area contributed by atoms with Crippen LogP contribution in [0.5, 0.6) is 0 Å². The Morgan fingerprint density at radius 3 is 2.72 bits per heavy atom. The van der Waals surface area contributed by atoms with Gasteiger partial charge in [-0.05, 0) is 32.1 Å². The third-order valence-electron chi connectivity index (χ3n) is 2.57. The summed E-state index contributed by atoms with van der Waals surface area (Å²) in [5, 5.41) is 33.0. The maximum Gasteiger partial charge on any atom is 0.310 e. The Hall–Kier alpha value is -1.57. The predicted octanol–water partition coefficient (Wildman–Crippen LogP) is 0.738. The number of nitro groups is 1. The van der Waals surface area contributed by atoms with Gasteiger partial charge in [0.1, 0.15) is 6.10 Å². The van der Waals surface area contributed by atoms with E-state index in [0.29, 0.717) is 6.54 Å². The van der Waals surface area contributed by atoms with Crippen molar-refractivity contribution in [2.24, 2.45) is 0 Å². The summed E-state index contributed by atoms with van der Waals surface area (Å²) in [6.45, 7) is 0.432. The minimum Gasteiger partial charge on any atom is -0.390 e. The summed E-state index contributed by atoms with van der Waals surface area (Å²) >= 11 is 0. The molecule has 1 rings (SSSR count). The Labute approximate surface area is 103 Å². The average molecular weight is 258 g/mol. The van der Waals surface area contributed by atoms with E-state index in [4.69, 9.17) is 0 Å². The first kappa shape index (κ1) is 14.5. The zero-order valence-corrected chi connectivity index (χ0v) is 9.84. The van der Waals surface area contributed by atoms with Crippen LogP contribution in [0, 0.1) is 15.9 Å². The van der Waals surface area contributed by atoms with E-state index in [9.17, 15) is 24.7 Å². The topological polar surface area (TPSA) is 95.6 Å². The second-order valence-corrected chi connectivity index (χ2v) is 3.84. The van der Waals surface area contributed by atoms with Gasteiger partial charge in [-0.2, -0.15) is 4.39 Å². The lowest BCUT2D eigenvalue weighted by Crippen LogP contribution is -2.24. The summed E-state index contributed by atoms with van der Waals surface area (Å²) < 4.78 is 13.3. The fourth-order valence-electron chi connectivity index (χ4n) is 1.62. The van der Waals surface area contributed by atoms with Crippen molar-refractivity contribution < 1.29 is 19.5 Å². The number of rotatable bonds is 6. The lowest BCUT2D eigenvalue weighted by Gasteiger charge is -2.18. The van der Waals surface area contributed by atoms with Gasteiger partial charge in [0, 0.05) is 0 Å². The number of aliphatic hydroxyl groups is 2. The molecule has 0 spiro atoms. The predicted molar refractivity (Wildman–Crippen MR) is 62.6 cm³/mol. The first-order chi connectivity index (χ1) is 8.49. The number of para-hydroxylation sites is 1. The van der Waals surface area contributed by atoms with Crippen LogP contribution in [-0.2, 0) is 0 Å². The third-order valence-corrected chi connectivity index (χ3v) is 2.57. The normalized spacial score (nSPS) is 14.2. The molecule has 2 unspecified atom stereocenters. The van der Waals surface area contributed by atoms with E-state index < -0.39 is 28.6 Å². The molecule has 100 valence electrons. The van der Waals surface area contributed by atoms with Crippen molar-refractivity contribution in [3.8, 4) is 0 Å². The summed E-state index contributed by atoms with van der Waals surface area (Å²) in [7, 11) is 1.67. The Morgan fingerprint density at radius 1 is 1.50 bits per heavy atom. The molecule has 0 aliphatic heterocycles. The number of nitro benzene ring substituents is 1. The first-order valence-corrected chi connectivity index (χ1v) is 5.42. The Bertz CT molecular complexity index is 428. The highest BCUT2D eigenvalue weighted by molar-refractivity contribution is 5.43. The van der Waals surface area contributed by atoms with Crippen LogP contribution in [0.4, 0.5) is 10.1 Å². The van der Waals surface area contributed by atoms with Crippen molar-refractivity contribution in [1.82, 2.24) is 5.32 Å². The second kappa shape index (κ2) is 6.39. The van der Waals surface area contributed by atoms with E-state index in [-0.39, 0.29) is 12.0 Å². The molecule has 0 amide bonds. The largest absolute Gasteiger partial charge is 0.390 e. The van der Waals surface area contributed by atoms with E-state index in [0.717, 1.165) is 6.07 Å². The minimum atomic E-state index is -1.49. The zero-order chi connectivity index (χ0) is 13.7. The highest BCUT2D eigenvalue weighted by Gasteiger charge is 2.28. The Balaban J connectivity index is 3.01. The van der Waals surface area contributed by atoms with Crippen molar-refractivity contribution in [2.45, 2.75) is 18.6 Å². The number of hydrogen-bond acceptors (Lipinski definition) is 5. The van der Waals surface area contributed by atoms with Gasteiger partial charge in [0.2, 0.25) is 5.82 Å². The molecule has 1 aromatic carbocycles. The van der Waals surface area contributed by atoms with Crippen molar-refractivity contribution in [2.75, 3.05) is 13.6 Å². The summed E-state index contributed by atoms with van der Waals surface area (Å²) in [4.78, 5) is 9.84. The molecule has 2 atom stereocenters. The van der Waals surface area contributed by atoms with Crippen LogP contribution in [-0.4, -0.2) is 34.8 Å². The molecule has 3 N–H and O–H groups in total. The minimum absolute atomic E-state index is 0.200. The van der Waals surface area contributed by atoms with E-state index in [1.807, 2.05) is 0 Å². The van der Waals surface area contributed by atoms with Crippen molar-refractivity contribution in [1.29, 1.82) is 0 Å². The van der Waals surface area contributed by atoms with Gasteiger partial charge in [0.05, 0.1) is 16.6 Å². The van der Waals surface area contributed by atoms with Gasteiger partial charge < -0.3 is 15.5 Å². The SMILES string of the molecule is CNCCC(O)C(O)c1cccc(F)c1[N+](=O)[O-]. The summed E-state index contributed by atoms with van der Waals surface area (Å²) in [6, 6.07) is 3.43. The molecule has 1 aromatic rings. The molecule has 0 saturated carbocycles. The zero-order valence-electron chi connectivity index (χ0n) is 9.84. The van der Waals surface area contributed by atoms with Crippen LogP contribution >= 0.6 is 0 Å². The first-order valence-electron chi connectivity index (χ1n) is 5.42. The van der Waals surface area contributed by atoms with E-state index in [2.05, 4.69) is 5.32 Å². The van der Waals surface area contributed by atoms with Gasteiger partial charge >= 0.3 is 5.69 Å². The molecule has 0 radical (unpaired) electrons. The summed E-state index contributed by atoms with van der Waals surface area (Å²) in [5.41, 5.74) is -1.02. The van der Waals surface area contributed by atoms with Crippen LogP contribution in [0.1, 0.15) is 18.1 Å². The van der Waals surface area contributed by atoms with E-state index in [1.165, 1.54) is 12.1 Å². The Kier molecular flexibility index (Phi) is 5.14. The summed E-state index contributed by atoms with van der Waals surface area (Å²) in [5.74, 6) is -1.03. The van der Waals surface area contributed by atoms with E-state index >= 15 is 0 Å². The third kappa shape index (κ3) is 3.22. The lowest BCUT2D eigenvalue weighted by molar-refractivity contribution is -0.389. The van der Waals surface area contributed by atoms with Crippen molar-refractivity contribution in [3.05, 3.63) is 39.7 Å². The molecule has 0 saturated heterocycles. The molecular formula is C11H15FN2O4. The highest BCUT2D eigenvalue weighted by Crippen LogP contribution is 2.30. The van der Waals surface area contributed by atoms with Crippen molar-refractivity contribution in [3.63, 3.8) is 0 Å². The number of hydrogen-bond donors (Lipinski definition) is 3. The van der Waals surface area contributed by atoms with E-state index in [1.54, 1.807) is 7.05 Å². The van der Waals surface area contributed by atoms with Crippen LogP contribution < -0.4 is 5.32 Å². The molecule has 0 aromatic heterocycles. The monoisotopic (exact) mass is 258 g/mol. The van der Waals surface area contributed by atoms with Gasteiger partial charge in [0.25, 0.3) is 0 Å². The highest BCUT2D eigenvalue weighted by atomic mass is 19.1. The molecule has 0 aliphatic rings. The molecule has 6 nitrogen and oxygen atoms in total. The smallest absolute Gasteiger partial charge is 0.310 e. The maximum atomic E-state index is 13.3. The van der Waals surface area contributed by atoms with Gasteiger partial charge in [-0.3, -0.25) is 10.1 Å². The van der Waals surface area contributed by atoms with Crippen LogP contribution in [0.3, 0.4) is 0 Å². The lowest BCUT2D eigenvalue weighted by atomic mass is 10.00. The van der Waals surface area contributed by atoms with Crippen LogP contribution in [0.15, 0.2) is 18.2 Å². The Morgan fingerprint density at radius 2 is 2.17 bits per heavy atom. The molecular weight excluding hydrogens is 243 g/mol. The van der Waals surface area contributed by atoms with Gasteiger partial charge in [-0.1, -0.05) is 6.07 Å². The molecule has 0 fully saturated rings. The van der Waals surface area contributed by atoms with Gasteiger partial charge in [0.15, 0.2) is 0 Å². The number of aliphatic hydroxyl groups excluding tert-OH is 2. The summed E-state index contributed by atoms with van der Waals surface area (Å²) in [6.07, 6.45) is -2.49. The maximum absolute atomic E-state index is 13.3. The average Bonchev–Trinajstić information content (AvgIpc) is 2.34. The number of nitrogens with zero attached hydrogens (tertiary/aromatic N) is 1.